The van der Waals surface area contributed by atoms with Crippen molar-refractivity contribution in [2.75, 3.05) is 32.0 Å². The van der Waals surface area contributed by atoms with Crippen LogP contribution < -0.4 is 10.5 Å². The van der Waals surface area contributed by atoms with Crippen molar-refractivity contribution in [2.45, 2.75) is 26.0 Å². The van der Waals surface area contributed by atoms with E-state index in [2.05, 4.69) is 34.7 Å². The van der Waals surface area contributed by atoms with Crippen LogP contribution in [0.15, 0.2) is 16.6 Å². The number of morpholine rings is 1. The molecule has 0 aromatic heterocycles. The van der Waals surface area contributed by atoms with E-state index in [1.807, 2.05) is 0 Å². The third-order valence-corrected chi connectivity index (χ3v) is 3.99. The maximum absolute atomic E-state index is 13.5. The monoisotopic (exact) mass is 346 g/mol. The summed E-state index contributed by atoms with van der Waals surface area (Å²) in [6.45, 7) is 7.13. The van der Waals surface area contributed by atoms with Crippen molar-refractivity contribution in [1.82, 2.24) is 4.90 Å². The summed E-state index contributed by atoms with van der Waals surface area (Å²) in [4.78, 5) is 2.34. The van der Waals surface area contributed by atoms with E-state index in [-0.39, 0.29) is 11.9 Å². The number of ether oxygens (including phenoxy) is 2. The standard InChI is InChI=1S/C14H20BrFN2O2/c1-9(2)18-3-4-19-10(7-18)8-20-14-6-12(16)11(15)5-13(14)17/h5-6,9-10H,3-4,7-8,17H2,1-2H3. The number of hydrogen-bond acceptors (Lipinski definition) is 4. The minimum Gasteiger partial charge on any atom is -0.489 e. The molecule has 1 fully saturated rings. The van der Waals surface area contributed by atoms with Gasteiger partial charge in [0.1, 0.15) is 24.3 Å². The maximum Gasteiger partial charge on any atom is 0.145 e. The summed E-state index contributed by atoms with van der Waals surface area (Å²) >= 11 is 3.09. The number of nitrogens with two attached hydrogens (primary N) is 1. The molecule has 6 heteroatoms. The molecule has 1 atom stereocenters. The van der Waals surface area contributed by atoms with Gasteiger partial charge in [-0.15, -0.1) is 0 Å². The SMILES string of the molecule is CC(C)N1CCOC(COc2cc(F)c(Br)cc2N)C1. The third kappa shape index (κ3) is 3.84. The second kappa shape index (κ2) is 6.74. The summed E-state index contributed by atoms with van der Waals surface area (Å²) in [5.74, 6) is -0.0291. The molecule has 0 bridgehead atoms. The lowest BCUT2D eigenvalue weighted by molar-refractivity contribution is -0.0563. The number of nitrogens with zero attached hydrogens (tertiary/aromatic N) is 1. The van der Waals surface area contributed by atoms with Crippen LogP contribution in [0.5, 0.6) is 5.75 Å². The first-order valence-corrected chi connectivity index (χ1v) is 7.49. The predicted molar refractivity (Wildman–Crippen MR) is 80.5 cm³/mol. The lowest BCUT2D eigenvalue weighted by Gasteiger charge is -2.35. The number of anilines is 1. The maximum atomic E-state index is 13.5. The molecule has 1 aromatic carbocycles. The van der Waals surface area contributed by atoms with Crippen LogP contribution in [0.25, 0.3) is 0 Å². The Morgan fingerprint density at radius 3 is 3.00 bits per heavy atom. The third-order valence-electron chi connectivity index (χ3n) is 3.38. The fraction of sp³-hybridized carbons (Fsp3) is 0.571. The van der Waals surface area contributed by atoms with Gasteiger partial charge in [-0.3, -0.25) is 4.90 Å². The molecule has 112 valence electrons. The zero-order valence-corrected chi connectivity index (χ0v) is 13.3. The molecule has 1 heterocycles. The Hall–Kier alpha value is -0.850. The van der Waals surface area contributed by atoms with Crippen LogP contribution >= 0.6 is 15.9 Å². The summed E-state index contributed by atoms with van der Waals surface area (Å²) in [6, 6.07) is 3.28. The van der Waals surface area contributed by atoms with E-state index in [0.29, 0.717) is 35.2 Å². The number of rotatable bonds is 4. The quantitative estimate of drug-likeness (QED) is 0.851. The molecule has 1 aliphatic rings. The lowest BCUT2D eigenvalue weighted by Crippen LogP contribution is -2.47. The second-order valence-corrected chi connectivity index (χ2v) is 6.05. The van der Waals surface area contributed by atoms with Gasteiger partial charge in [0.25, 0.3) is 0 Å². The molecule has 2 N–H and O–H groups in total. The van der Waals surface area contributed by atoms with E-state index in [0.717, 1.165) is 13.1 Å². The average molecular weight is 347 g/mol. The molecule has 20 heavy (non-hydrogen) atoms. The minimum atomic E-state index is -0.387. The summed E-state index contributed by atoms with van der Waals surface area (Å²) < 4.78 is 25.1. The smallest absolute Gasteiger partial charge is 0.145 e. The molecule has 0 saturated carbocycles. The second-order valence-electron chi connectivity index (χ2n) is 5.20. The topological polar surface area (TPSA) is 47.7 Å². The molecule has 1 unspecified atom stereocenters. The first-order chi connectivity index (χ1) is 9.47. The summed E-state index contributed by atoms with van der Waals surface area (Å²) in [6.07, 6.45) is -0.0164. The van der Waals surface area contributed by atoms with Gasteiger partial charge in [-0.2, -0.15) is 0 Å². The molecule has 0 aliphatic carbocycles. The van der Waals surface area contributed by atoms with E-state index >= 15 is 0 Å². The van der Waals surface area contributed by atoms with Gasteiger partial charge in [-0.25, -0.2) is 4.39 Å². The Bertz CT molecular complexity index is 471. The fourth-order valence-corrected chi connectivity index (χ4v) is 2.52. The van der Waals surface area contributed by atoms with Crippen LogP contribution in [0.3, 0.4) is 0 Å². The highest BCUT2D eigenvalue weighted by Gasteiger charge is 2.23. The van der Waals surface area contributed by atoms with Crippen molar-refractivity contribution in [3.8, 4) is 5.75 Å². The van der Waals surface area contributed by atoms with Gasteiger partial charge in [0.05, 0.1) is 16.8 Å². The van der Waals surface area contributed by atoms with Crippen LogP contribution in [0.2, 0.25) is 0 Å². The van der Waals surface area contributed by atoms with Crippen molar-refractivity contribution in [3.05, 3.63) is 22.4 Å². The minimum absolute atomic E-state index is 0.0164. The Morgan fingerprint density at radius 1 is 1.55 bits per heavy atom. The normalized spacial score (nSPS) is 20.4. The van der Waals surface area contributed by atoms with Crippen molar-refractivity contribution in [1.29, 1.82) is 0 Å². The van der Waals surface area contributed by atoms with Crippen LogP contribution in [0, 0.1) is 5.82 Å². The largest absolute Gasteiger partial charge is 0.489 e. The van der Waals surface area contributed by atoms with Crippen LogP contribution in [-0.4, -0.2) is 43.3 Å². The molecule has 4 nitrogen and oxygen atoms in total. The van der Waals surface area contributed by atoms with Crippen molar-refractivity contribution >= 4 is 21.6 Å². The number of halogens is 2. The Balaban J connectivity index is 1.93. The highest BCUT2D eigenvalue weighted by molar-refractivity contribution is 9.10. The fourth-order valence-electron chi connectivity index (χ4n) is 2.16. The average Bonchev–Trinajstić information content (AvgIpc) is 2.41. The van der Waals surface area contributed by atoms with E-state index in [4.69, 9.17) is 15.2 Å². The zero-order valence-electron chi connectivity index (χ0n) is 11.7. The van der Waals surface area contributed by atoms with Gasteiger partial charge in [0, 0.05) is 25.2 Å². The van der Waals surface area contributed by atoms with Gasteiger partial charge in [0.15, 0.2) is 0 Å². The zero-order chi connectivity index (χ0) is 14.7. The lowest BCUT2D eigenvalue weighted by atomic mass is 10.2. The summed E-state index contributed by atoms with van der Waals surface area (Å²) in [5, 5.41) is 0. The molecule has 0 spiro atoms. The molecule has 2 rings (SSSR count). The molecular formula is C14H20BrFN2O2. The van der Waals surface area contributed by atoms with E-state index in [1.54, 1.807) is 0 Å². The van der Waals surface area contributed by atoms with Gasteiger partial charge >= 0.3 is 0 Å². The predicted octanol–water partition coefficient (Wildman–Crippen LogP) is 2.66. The van der Waals surface area contributed by atoms with E-state index in [9.17, 15) is 4.39 Å². The van der Waals surface area contributed by atoms with Crippen molar-refractivity contribution in [3.63, 3.8) is 0 Å². The van der Waals surface area contributed by atoms with Crippen LogP contribution in [0.4, 0.5) is 10.1 Å². The summed E-state index contributed by atoms with van der Waals surface area (Å²) in [5.41, 5.74) is 6.22. The molecule has 0 amide bonds. The van der Waals surface area contributed by atoms with Crippen LogP contribution in [-0.2, 0) is 4.74 Å². The highest BCUT2D eigenvalue weighted by atomic mass is 79.9. The molecular weight excluding hydrogens is 327 g/mol. The number of nitrogen functional groups attached to an aromatic ring is 1. The van der Waals surface area contributed by atoms with Gasteiger partial charge in [-0.05, 0) is 35.8 Å². The number of benzene rings is 1. The molecule has 1 saturated heterocycles. The summed E-state index contributed by atoms with van der Waals surface area (Å²) in [7, 11) is 0. The highest BCUT2D eigenvalue weighted by Crippen LogP contribution is 2.28. The molecule has 1 aliphatic heterocycles. The number of hydrogen-bond donors (Lipinski definition) is 1. The Morgan fingerprint density at radius 2 is 2.30 bits per heavy atom. The van der Waals surface area contributed by atoms with Gasteiger partial charge in [-0.1, -0.05) is 0 Å². The van der Waals surface area contributed by atoms with E-state index in [1.165, 1.54) is 12.1 Å². The Labute approximate surface area is 127 Å². The van der Waals surface area contributed by atoms with Crippen molar-refractivity contribution in [2.24, 2.45) is 0 Å². The molecule has 1 aromatic rings. The first kappa shape index (κ1) is 15.5. The van der Waals surface area contributed by atoms with E-state index < -0.39 is 0 Å². The Kier molecular flexibility index (Phi) is 5.23. The van der Waals surface area contributed by atoms with Gasteiger partial charge < -0.3 is 15.2 Å². The van der Waals surface area contributed by atoms with Crippen molar-refractivity contribution < 1.29 is 13.9 Å². The van der Waals surface area contributed by atoms with Crippen LogP contribution in [0.1, 0.15) is 13.8 Å². The first-order valence-electron chi connectivity index (χ1n) is 6.70. The van der Waals surface area contributed by atoms with Gasteiger partial charge in [0.2, 0.25) is 0 Å². The molecule has 0 radical (unpaired) electrons.